The molecule has 1 saturated carbocycles. The molecule has 104 valence electrons. The van der Waals surface area contributed by atoms with Crippen LogP contribution in [0.2, 0.25) is 0 Å². The number of nitrogens with zero attached hydrogens (tertiary/aromatic N) is 1. The molecule has 18 heavy (non-hydrogen) atoms. The van der Waals surface area contributed by atoms with Crippen LogP contribution in [0.3, 0.4) is 0 Å². The molecule has 2 atom stereocenters. The highest BCUT2D eigenvalue weighted by molar-refractivity contribution is 5.78. The van der Waals surface area contributed by atoms with Gasteiger partial charge in [-0.2, -0.15) is 0 Å². The van der Waals surface area contributed by atoms with Crippen molar-refractivity contribution in [1.29, 1.82) is 0 Å². The van der Waals surface area contributed by atoms with Crippen molar-refractivity contribution in [3.63, 3.8) is 0 Å². The van der Waals surface area contributed by atoms with E-state index in [0.717, 1.165) is 32.4 Å². The first kappa shape index (κ1) is 13.8. The van der Waals surface area contributed by atoms with Crippen LogP contribution < -0.4 is 11.1 Å². The summed E-state index contributed by atoms with van der Waals surface area (Å²) in [5.41, 5.74) is 5.84. The summed E-state index contributed by atoms with van der Waals surface area (Å²) in [6, 6.07) is 0.242. The maximum absolute atomic E-state index is 11.9. The molecule has 4 heteroatoms. The van der Waals surface area contributed by atoms with Crippen molar-refractivity contribution in [3.05, 3.63) is 0 Å². The lowest BCUT2D eigenvalue weighted by atomic mass is 10.1. The minimum atomic E-state index is 0.170. The number of amides is 1. The first-order chi connectivity index (χ1) is 8.75. The van der Waals surface area contributed by atoms with Crippen LogP contribution in [0.4, 0.5) is 0 Å². The molecular formula is C14H27N3O. The topological polar surface area (TPSA) is 58.4 Å². The highest BCUT2D eigenvalue weighted by Crippen LogP contribution is 2.23. The summed E-state index contributed by atoms with van der Waals surface area (Å²) in [5, 5.41) is 3.08. The molecular weight excluding hydrogens is 226 g/mol. The predicted molar refractivity (Wildman–Crippen MR) is 73.2 cm³/mol. The number of nitrogens with two attached hydrogens (primary N) is 1. The van der Waals surface area contributed by atoms with Crippen LogP contribution in [0, 0.1) is 5.92 Å². The highest BCUT2D eigenvalue weighted by atomic mass is 16.1. The Hall–Kier alpha value is -0.610. The lowest BCUT2D eigenvalue weighted by Gasteiger charge is -2.20. The normalized spacial score (nSPS) is 30.1. The van der Waals surface area contributed by atoms with Gasteiger partial charge in [-0.1, -0.05) is 12.8 Å². The van der Waals surface area contributed by atoms with Crippen molar-refractivity contribution >= 4 is 5.91 Å². The van der Waals surface area contributed by atoms with E-state index in [1.165, 1.54) is 38.8 Å². The standard InChI is InChI=1S/C14H27N3O/c15-13-6-5-12(11-13)14(18)16-7-10-17-8-3-1-2-4-9-17/h12-13H,1-11,15H2,(H,16,18). The van der Waals surface area contributed by atoms with Crippen molar-refractivity contribution in [1.82, 2.24) is 10.2 Å². The van der Waals surface area contributed by atoms with Crippen LogP contribution in [0.25, 0.3) is 0 Å². The number of carbonyl (C=O) groups excluding carboxylic acids is 1. The third-order valence-corrected chi connectivity index (χ3v) is 4.27. The average Bonchev–Trinajstić information content (AvgIpc) is 2.63. The summed E-state index contributed by atoms with van der Waals surface area (Å²) in [4.78, 5) is 14.4. The Morgan fingerprint density at radius 3 is 2.50 bits per heavy atom. The fraction of sp³-hybridized carbons (Fsp3) is 0.929. The maximum Gasteiger partial charge on any atom is 0.223 e. The molecule has 1 heterocycles. The Morgan fingerprint density at radius 2 is 1.89 bits per heavy atom. The first-order valence-corrected chi connectivity index (χ1v) is 7.51. The fourth-order valence-electron chi connectivity index (χ4n) is 3.10. The van der Waals surface area contributed by atoms with Gasteiger partial charge in [-0.3, -0.25) is 4.79 Å². The quantitative estimate of drug-likeness (QED) is 0.789. The van der Waals surface area contributed by atoms with Crippen LogP contribution >= 0.6 is 0 Å². The molecule has 0 aromatic rings. The molecule has 1 aliphatic heterocycles. The van der Waals surface area contributed by atoms with E-state index in [4.69, 9.17) is 5.73 Å². The minimum Gasteiger partial charge on any atom is -0.355 e. The largest absolute Gasteiger partial charge is 0.355 e. The van der Waals surface area contributed by atoms with E-state index in [0.29, 0.717) is 0 Å². The van der Waals surface area contributed by atoms with Crippen molar-refractivity contribution in [2.45, 2.75) is 51.0 Å². The second-order valence-electron chi connectivity index (χ2n) is 5.82. The number of nitrogens with one attached hydrogen (secondary N) is 1. The SMILES string of the molecule is NC1CCC(C(=O)NCCN2CCCCCC2)C1. The number of hydrogen-bond donors (Lipinski definition) is 2. The second-order valence-corrected chi connectivity index (χ2v) is 5.82. The molecule has 0 bridgehead atoms. The summed E-state index contributed by atoms with van der Waals surface area (Å²) < 4.78 is 0. The lowest BCUT2D eigenvalue weighted by molar-refractivity contribution is -0.124. The molecule has 0 aromatic carbocycles. The van der Waals surface area contributed by atoms with Crippen LogP contribution in [0.1, 0.15) is 44.9 Å². The maximum atomic E-state index is 11.9. The minimum absolute atomic E-state index is 0.170. The third kappa shape index (κ3) is 4.25. The van der Waals surface area contributed by atoms with Crippen molar-refractivity contribution in [2.24, 2.45) is 11.7 Å². The zero-order chi connectivity index (χ0) is 12.8. The van der Waals surface area contributed by atoms with Gasteiger partial charge < -0.3 is 16.0 Å². The van der Waals surface area contributed by atoms with Crippen LogP contribution in [0.5, 0.6) is 0 Å². The molecule has 4 nitrogen and oxygen atoms in total. The van der Waals surface area contributed by atoms with Gasteiger partial charge in [0, 0.05) is 25.0 Å². The molecule has 0 radical (unpaired) electrons. The van der Waals surface area contributed by atoms with Gasteiger partial charge in [-0.25, -0.2) is 0 Å². The Morgan fingerprint density at radius 1 is 1.17 bits per heavy atom. The van der Waals surface area contributed by atoms with Crippen LogP contribution in [-0.2, 0) is 4.79 Å². The summed E-state index contributed by atoms with van der Waals surface area (Å²) in [6.45, 7) is 4.20. The molecule has 0 spiro atoms. The van der Waals surface area contributed by atoms with Gasteiger partial charge in [0.1, 0.15) is 0 Å². The van der Waals surface area contributed by atoms with Gasteiger partial charge in [-0.15, -0.1) is 0 Å². The Labute approximate surface area is 110 Å². The van der Waals surface area contributed by atoms with E-state index in [2.05, 4.69) is 10.2 Å². The molecule has 3 N–H and O–H groups in total. The van der Waals surface area contributed by atoms with E-state index < -0.39 is 0 Å². The average molecular weight is 253 g/mol. The number of carbonyl (C=O) groups is 1. The van der Waals surface area contributed by atoms with E-state index in [1.807, 2.05) is 0 Å². The summed E-state index contributed by atoms with van der Waals surface area (Å²) in [7, 11) is 0. The molecule has 2 aliphatic rings. The van der Waals surface area contributed by atoms with Gasteiger partial charge in [0.25, 0.3) is 0 Å². The highest BCUT2D eigenvalue weighted by Gasteiger charge is 2.27. The van der Waals surface area contributed by atoms with E-state index in [1.54, 1.807) is 0 Å². The number of hydrogen-bond acceptors (Lipinski definition) is 3. The predicted octanol–water partition coefficient (Wildman–Crippen LogP) is 1.11. The first-order valence-electron chi connectivity index (χ1n) is 7.51. The van der Waals surface area contributed by atoms with E-state index in [9.17, 15) is 4.79 Å². The lowest BCUT2D eigenvalue weighted by Crippen LogP contribution is -2.37. The van der Waals surface area contributed by atoms with E-state index >= 15 is 0 Å². The van der Waals surface area contributed by atoms with Gasteiger partial charge in [0.05, 0.1) is 0 Å². The smallest absolute Gasteiger partial charge is 0.223 e. The molecule has 1 aliphatic carbocycles. The van der Waals surface area contributed by atoms with Gasteiger partial charge >= 0.3 is 0 Å². The van der Waals surface area contributed by atoms with E-state index in [-0.39, 0.29) is 17.9 Å². The second kappa shape index (κ2) is 7.10. The molecule has 1 amide bonds. The van der Waals surface area contributed by atoms with Gasteiger partial charge in [0.2, 0.25) is 5.91 Å². The summed E-state index contributed by atoms with van der Waals surface area (Å²) in [5.74, 6) is 0.391. The number of likely N-dealkylation sites (tertiary alicyclic amines) is 1. The van der Waals surface area contributed by atoms with Crippen molar-refractivity contribution in [2.75, 3.05) is 26.2 Å². The molecule has 2 unspecified atom stereocenters. The van der Waals surface area contributed by atoms with Crippen molar-refractivity contribution < 1.29 is 4.79 Å². The third-order valence-electron chi connectivity index (χ3n) is 4.27. The monoisotopic (exact) mass is 253 g/mol. The van der Waals surface area contributed by atoms with Crippen LogP contribution in [0.15, 0.2) is 0 Å². The Balaban J connectivity index is 1.60. The van der Waals surface area contributed by atoms with Gasteiger partial charge in [-0.05, 0) is 45.2 Å². The van der Waals surface area contributed by atoms with Gasteiger partial charge in [0.15, 0.2) is 0 Å². The zero-order valence-corrected chi connectivity index (χ0v) is 11.4. The Kier molecular flexibility index (Phi) is 5.45. The molecule has 2 rings (SSSR count). The molecule has 0 aromatic heterocycles. The Bertz CT molecular complexity index is 262. The fourth-order valence-corrected chi connectivity index (χ4v) is 3.10. The zero-order valence-electron chi connectivity index (χ0n) is 11.4. The number of rotatable bonds is 4. The molecule has 2 fully saturated rings. The summed E-state index contributed by atoms with van der Waals surface area (Å²) >= 11 is 0. The summed E-state index contributed by atoms with van der Waals surface area (Å²) in [6.07, 6.45) is 8.19. The molecule has 1 saturated heterocycles. The van der Waals surface area contributed by atoms with Crippen molar-refractivity contribution in [3.8, 4) is 0 Å². The van der Waals surface area contributed by atoms with Crippen LogP contribution in [-0.4, -0.2) is 43.0 Å².